The van der Waals surface area contributed by atoms with Crippen molar-refractivity contribution in [3.63, 3.8) is 0 Å². The average Bonchev–Trinajstić information content (AvgIpc) is 2.33. The molecule has 1 aromatic heterocycles. The summed E-state index contributed by atoms with van der Waals surface area (Å²) in [6.07, 6.45) is 1.57. The van der Waals surface area contributed by atoms with Crippen LogP contribution in [0, 0.1) is 11.3 Å². The van der Waals surface area contributed by atoms with Gasteiger partial charge in [0.15, 0.2) is 0 Å². The fraction of sp³-hybridized carbons (Fsp3) is 0.0769. The maximum absolute atomic E-state index is 9.26. The summed E-state index contributed by atoms with van der Waals surface area (Å²) < 4.78 is 0.950. The Morgan fingerprint density at radius 1 is 1.29 bits per heavy atom. The molecule has 17 heavy (non-hydrogen) atoms. The molecule has 0 bridgehead atoms. The summed E-state index contributed by atoms with van der Waals surface area (Å²) in [6, 6.07) is 13.5. The van der Waals surface area contributed by atoms with Crippen molar-refractivity contribution >= 4 is 21.6 Å². The molecule has 0 aliphatic heterocycles. The number of benzene rings is 1. The molecule has 0 fully saturated rings. The molecule has 0 amide bonds. The quantitative estimate of drug-likeness (QED) is 0.923. The van der Waals surface area contributed by atoms with Crippen LogP contribution in [-0.4, -0.2) is 4.98 Å². The first-order valence-corrected chi connectivity index (χ1v) is 5.86. The number of rotatable bonds is 2. The summed E-state index contributed by atoms with van der Waals surface area (Å²) >= 11 is 3.39. The number of hydrogen-bond acceptors (Lipinski definition) is 3. The highest BCUT2D eigenvalue weighted by Gasteiger charge is 2.14. The summed E-state index contributed by atoms with van der Waals surface area (Å²) in [5.41, 5.74) is 7.80. The van der Waals surface area contributed by atoms with Gasteiger partial charge in [0.1, 0.15) is 5.92 Å². The lowest BCUT2D eigenvalue weighted by molar-refractivity contribution is 0.966. The Balaban J connectivity index is 2.41. The van der Waals surface area contributed by atoms with E-state index < -0.39 is 0 Å². The van der Waals surface area contributed by atoms with E-state index >= 15 is 0 Å². The Labute approximate surface area is 108 Å². The number of nitrogen functional groups attached to an aromatic ring is 1. The van der Waals surface area contributed by atoms with Crippen LogP contribution in [-0.2, 0) is 0 Å². The third-order valence-corrected chi connectivity index (χ3v) is 2.91. The lowest BCUT2D eigenvalue weighted by Crippen LogP contribution is -2.01. The van der Waals surface area contributed by atoms with Gasteiger partial charge in [-0.25, -0.2) is 0 Å². The summed E-state index contributed by atoms with van der Waals surface area (Å²) in [5, 5.41) is 9.26. The molecule has 2 rings (SSSR count). The number of nitrogens with two attached hydrogens (primary N) is 1. The van der Waals surface area contributed by atoms with E-state index in [0.29, 0.717) is 11.4 Å². The Hall–Kier alpha value is -1.86. The molecule has 0 spiro atoms. The predicted molar refractivity (Wildman–Crippen MR) is 70.2 cm³/mol. The molecule has 2 aromatic rings. The molecule has 0 aliphatic carbocycles. The van der Waals surface area contributed by atoms with E-state index in [4.69, 9.17) is 5.73 Å². The third kappa shape index (κ3) is 2.63. The van der Waals surface area contributed by atoms with Crippen molar-refractivity contribution in [1.29, 1.82) is 5.26 Å². The van der Waals surface area contributed by atoms with Crippen LogP contribution in [0.2, 0.25) is 0 Å². The van der Waals surface area contributed by atoms with Crippen LogP contribution in [0.15, 0.2) is 47.1 Å². The van der Waals surface area contributed by atoms with Crippen LogP contribution >= 0.6 is 15.9 Å². The van der Waals surface area contributed by atoms with Crippen molar-refractivity contribution < 1.29 is 0 Å². The van der Waals surface area contributed by atoms with Crippen molar-refractivity contribution in [3.05, 3.63) is 58.3 Å². The van der Waals surface area contributed by atoms with Gasteiger partial charge in [0.25, 0.3) is 0 Å². The van der Waals surface area contributed by atoms with Crippen molar-refractivity contribution in [2.75, 3.05) is 5.73 Å². The van der Waals surface area contributed by atoms with Crippen LogP contribution in [0.25, 0.3) is 0 Å². The van der Waals surface area contributed by atoms with Gasteiger partial charge in [0.05, 0.1) is 23.6 Å². The topological polar surface area (TPSA) is 62.7 Å². The zero-order chi connectivity index (χ0) is 12.3. The van der Waals surface area contributed by atoms with Gasteiger partial charge in [-0.15, -0.1) is 0 Å². The molecular formula is C13H10BrN3. The molecule has 0 radical (unpaired) electrons. The molecule has 84 valence electrons. The van der Waals surface area contributed by atoms with Crippen molar-refractivity contribution in [2.45, 2.75) is 5.92 Å². The molecule has 0 aliphatic rings. The molecule has 0 saturated carbocycles. The third-order valence-electron chi connectivity index (χ3n) is 2.42. The Morgan fingerprint density at radius 3 is 2.71 bits per heavy atom. The van der Waals surface area contributed by atoms with E-state index in [9.17, 15) is 5.26 Å². The van der Waals surface area contributed by atoms with E-state index in [0.717, 1.165) is 10.0 Å². The second-order valence-corrected chi connectivity index (χ2v) is 4.55. The Morgan fingerprint density at radius 2 is 2.12 bits per heavy atom. The zero-order valence-electron chi connectivity index (χ0n) is 8.97. The first-order valence-electron chi connectivity index (χ1n) is 5.07. The number of aromatic nitrogens is 1. The first-order chi connectivity index (χ1) is 8.20. The molecule has 1 aromatic carbocycles. The molecule has 4 heteroatoms. The van der Waals surface area contributed by atoms with Crippen molar-refractivity contribution in [3.8, 4) is 6.07 Å². The van der Waals surface area contributed by atoms with E-state index in [2.05, 4.69) is 27.0 Å². The van der Waals surface area contributed by atoms with Gasteiger partial charge in [-0.2, -0.15) is 5.26 Å². The van der Waals surface area contributed by atoms with Crippen molar-refractivity contribution in [2.24, 2.45) is 0 Å². The average molecular weight is 288 g/mol. The minimum Gasteiger partial charge on any atom is -0.397 e. The Bertz CT molecular complexity index is 558. The molecule has 1 heterocycles. The highest BCUT2D eigenvalue weighted by Crippen LogP contribution is 2.25. The standard InChI is InChI=1S/C13H10BrN3/c14-10-3-1-2-9(6-10)12(7-15)13-5-4-11(16)8-17-13/h1-6,8,12H,16H2. The van der Waals surface area contributed by atoms with Crippen LogP contribution in [0.4, 0.5) is 5.69 Å². The molecule has 1 unspecified atom stereocenters. The normalized spacial score (nSPS) is 11.8. The lowest BCUT2D eigenvalue weighted by atomic mass is 9.97. The van der Waals surface area contributed by atoms with E-state index in [1.807, 2.05) is 24.3 Å². The van der Waals surface area contributed by atoms with Crippen molar-refractivity contribution in [1.82, 2.24) is 4.98 Å². The van der Waals surface area contributed by atoms with Gasteiger partial charge in [0, 0.05) is 4.47 Å². The summed E-state index contributed by atoms with van der Waals surface area (Å²) in [4.78, 5) is 4.19. The van der Waals surface area contributed by atoms with Crippen LogP contribution in [0.5, 0.6) is 0 Å². The van der Waals surface area contributed by atoms with Gasteiger partial charge in [0.2, 0.25) is 0 Å². The summed E-state index contributed by atoms with van der Waals surface area (Å²) in [7, 11) is 0. The Kier molecular flexibility index (Phi) is 3.40. The second-order valence-electron chi connectivity index (χ2n) is 3.63. The van der Waals surface area contributed by atoms with Gasteiger partial charge in [-0.05, 0) is 29.8 Å². The minimum atomic E-state index is -0.368. The SMILES string of the molecule is N#CC(c1cccc(Br)c1)c1ccc(N)cn1. The van der Waals surface area contributed by atoms with Crippen LogP contribution < -0.4 is 5.73 Å². The van der Waals surface area contributed by atoms with Gasteiger partial charge in [-0.3, -0.25) is 4.98 Å². The highest BCUT2D eigenvalue weighted by atomic mass is 79.9. The van der Waals surface area contributed by atoms with Crippen LogP contribution in [0.3, 0.4) is 0 Å². The zero-order valence-corrected chi connectivity index (χ0v) is 10.6. The van der Waals surface area contributed by atoms with Gasteiger partial charge < -0.3 is 5.73 Å². The van der Waals surface area contributed by atoms with E-state index in [1.54, 1.807) is 18.3 Å². The number of anilines is 1. The fourth-order valence-corrected chi connectivity index (χ4v) is 2.00. The molecular weight excluding hydrogens is 278 g/mol. The van der Waals surface area contributed by atoms with E-state index in [1.165, 1.54) is 0 Å². The fourth-order valence-electron chi connectivity index (χ4n) is 1.59. The first kappa shape index (κ1) is 11.6. The maximum Gasteiger partial charge on any atom is 0.113 e. The number of pyridine rings is 1. The summed E-state index contributed by atoms with van der Waals surface area (Å²) in [5.74, 6) is -0.368. The van der Waals surface area contributed by atoms with Gasteiger partial charge >= 0.3 is 0 Å². The molecule has 0 saturated heterocycles. The van der Waals surface area contributed by atoms with E-state index in [-0.39, 0.29) is 5.92 Å². The number of halogens is 1. The maximum atomic E-state index is 9.26. The minimum absolute atomic E-state index is 0.368. The molecule has 3 nitrogen and oxygen atoms in total. The number of hydrogen-bond donors (Lipinski definition) is 1. The second kappa shape index (κ2) is 4.98. The highest BCUT2D eigenvalue weighted by molar-refractivity contribution is 9.10. The summed E-state index contributed by atoms with van der Waals surface area (Å²) in [6.45, 7) is 0. The number of nitrogens with zero attached hydrogens (tertiary/aromatic N) is 2. The monoisotopic (exact) mass is 287 g/mol. The molecule has 2 N–H and O–H groups in total. The largest absolute Gasteiger partial charge is 0.397 e. The number of nitriles is 1. The smallest absolute Gasteiger partial charge is 0.113 e. The van der Waals surface area contributed by atoms with Gasteiger partial charge in [-0.1, -0.05) is 28.1 Å². The lowest BCUT2D eigenvalue weighted by Gasteiger charge is -2.09. The predicted octanol–water partition coefficient (Wildman–Crippen LogP) is 3.08. The molecule has 1 atom stereocenters. The van der Waals surface area contributed by atoms with Crippen LogP contribution in [0.1, 0.15) is 17.2 Å².